The molecule has 0 fully saturated rings. The van der Waals surface area contributed by atoms with Gasteiger partial charge in [0.1, 0.15) is 0 Å². The molecular weight excluding hydrogens is 459 g/mol. The van der Waals surface area contributed by atoms with Gasteiger partial charge < -0.3 is 15.5 Å². The van der Waals surface area contributed by atoms with Gasteiger partial charge in [-0.2, -0.15) is 16.4 Å². The first-order valence-corrected chi connectivity index (χ1v) is 9.64. The van der Waals surface area contributed by atoms with E-state index < -0.39 is 0 Å². The Labute approximate surface area is 178 Å². The van der Waals surface area contributed by atoms with Crippen molar-refractivity contribution in [1.82, 2.24) is 25.3 Å². The van der Waals surface area contributed by atoms with Crippen molar-refractivity contribution in [3.8, 4) is 0 Å². The minimum atomic E-state index is 0. The molecule has 0 saturated heterocycles. The Hall–Kier alpha value is -1.13. The molecule has 8 heteroatoms. The summed E-state index contributed by atoms with van der Waals surface area (Å²) in [5.74, 6) is 1.28. The van der Waals surface area contributed by atoms with Crippen molar-refractivity contribution in [3.63, 3.8) is 0 Å². The third-order valence-corrected chi connectivity index (χ3v) is 4.88. The highest BCUT2D eigenvalue weighted by molar-refractivity contribution is 14.0. The van der Waals surface area contributed by atoms with E-state index in [0.29, 0.717) is 5.92 Å². The summed E-state index contributed by atoms with van der Waals surface area (Å²) in [4.78, 5) is 6.96. The summed E-state index contributed by atoms with van der Waals surface area (Å²) >= 11 is 1.74. The highest BCUT2D eigenvalue weighted by Crippen LogP contribution is 2.18. The van der Waals surface area contributed by atoms with Gasteiger partial charge in [-0.15, -0.1) is 24.0 Å². The van der Waals surface area contributed by atoms with Crippen molar-refractivity contribution >= 4 is 41.3 Å². The molecule has 26 heavy (non-hydrogen) atoms. The minimum Gasteiger partial charge on any atom is -0.357 e. The first-order chi connectivity index (χ1) is 12.0. The summed E-state index contributed by atoms with van der Waals surface area (Å²) in [6.07, 6.45) is 3.99. The van der Waals surface area contributed by atoms with Gasteiger partial charge in [0.25, 0.3) is 0 Å². The number of rotatable bonds is 8. The molecule has 2 aromatic heterocycles. The number of aliphatic imine (C=N–C) groups is 1. The standard InChI is InChI=1S/C18H30N6S.HI/c1-6-19-18(20-9-14(2)15-7-8-25-13-15)21-11-17(23(3)4)16-10-22-24(5)12-16;/h7-8,10,12-14,17H,6,9,11H2,1-5H3,(H2,19,20,21);1H. The third kappa shape index (κ3) is 6.88. The van der Waals surface area contributed by atoms with E-state index in [4.69, 9.17) is 4.99 Å². The second-order valence-electron chi connectivity index (χ2n) is 6.49. The van der Waals surface area contributed by atoms with E-state index in [1.165, 1.54) is 11.1 Å². The van der Waals surface area contributed by atoms with Crippen molar-refractivity contribution in [2.45, 2.75) is 25.8 Å². The van der Waals surface area contributed by atoms with E-state index in [0.717, 1.165) is 25.6 Å². The molecule has 0 aliphatic heterocycles. The van der Waals surface area contributed by atoms with Gasteiger partial charge in [0.05, 0.1) is 12.2 Å². The molecule has 0 aromatic carbocycles. The maximum atomic E-state index is 4.76. The molecule has 2 unspecified atom stereocenters. The maximum Gasteiger partial charge on any atom is 0.191 e. The molecule has 2 atom stereocenters. The SMILES string of the molecule is CCNC(=NCC(C)c1ccsc1)NCC(c1cnn(C)c1)N(C)C.I. The molecule has 146 valence electrons. The smallest absolute Gasteiger partial charge is 0.191 e. The summed E-state index contributed by atoms with van der Waals surface area (Å²) in [5.41, 5.74) is 2.55. The molecule has 2 rings (SSSR count). The predicted molar refractivity (Wildman–Crippen MR) is 122 cm³/mol. The van der Waals surface area contributed by atoms with Gasteiger partial charge >= 0.3 is 0 Å². The first-order valence-electron chi connectivity index (χ1n) is 8.70. The zero-order valence-electron chi connectivity index (χ0n) is 16.3. The fraction of sp³-hybridized carbons (Fsp3) is 0.556. The predicted octanol–water partition coefficient (Wildman–Crippen LogP) is 3.06. The van der Waals surface area contributed by atoms with Gasteiger partial charge in [0.15, 0.2) is 5.96 Å². The van der Waals surface area contributed by atoms with Crippen molar-refractivity contribution < 1.29 is 0 Å². The van der Waals surface area contributed by atoms with Crippen LogP contribution in [0.4, 0.5) is 0 Å². The van der Waals surface area contributed by atoms with Gasteiger partial charge in [-0.25, -0.2) is 0 Å². The van der Waals surface area contributed by atoms with Gasteiger partial charge in [-0.3, -0.25) is 9.67 Å². The van der Waals surface area contributed by atoms with Gasteiger partial charge in [-0.1, -0.05) is 6.92 Å². The average Bonchev–Trinajstić information content (AvgIpc) is 3.24. The minimum absolute atomic E-state index is 0. The van der Waals surface area contributed by atoms with Crippen LogP contribution in [0, 0.1) is 0 Å². The Morgan fingerprint density at radius 2 is 2.12 bits per heavy atom. The van der Waals surface area contributed by atoms with Crippen molar-refractivity contribution in [2.75, 3.05) is 33.7 Å². The number of hydrogen-bond donors (Lipinski definition) is 2. The van der Waals surface area contributed by atoms with Gasteiger partial charge in [-0.05, 0) is 43.4 Å². The number of thiophene rings is 1. The summed E-state index contributed by atoms with van der Waals surface area (Å²) in [6.45, 7) is 6.69. The second-order valence-corrected chi connectivity index (χ2v) is 7.27. The Morgan fingerprint density at radius 1 is 1.35 bits per heavy atom. The van der Waals surface area contributed by atoms with Crippen LogP contribution in [0.15, 0.2) is 34.2 Å². The van der Waals surface area contributed by atoms with Crippen LogP contribution in [0.2, 0.25) is 0 Å². The molecule has 0 radical (unpaired) electrons. The fourth-order valence-electron chi connectivity index (χ4n) is 2.63. The first kappa shape index (κ1) is 22.9. The highest BCUT2D eigenvalue weighted by atomic mass is 127. The number of likely N-dealkylation sites (N-methyl/N-ethyl adjacent to an activating group) is 1. The number of nitrogens with zero attached hydrogens (tertiary/aromatic N) is 4. The molecule has 0 spiro atoms. The van der Waals surface area contributed by atoms with Gasteiger partial charge in [0, 0.05) is 44.4 Å². The van der Waals surface area contributed by atoms with Crippen LogP contribution in [0.25, 0.3) is 0 Å². The van der Waals surface area contributed by atoms with E-state index >= 15 is 0 Å². The molecule has 0 aliphatic rings. The van der Waals surface area contributed by atoms with Crippen molar-refractivity contribution in [3.05, 3.63) is 40.3 Å². The zero-order valence-corrected chi connectivity index (χ0v) is 19.4. The van der Waals surface area contributed by atoms with Crippen LogP contribution in [-0.2, 0) is 7.05 Å². The number of aromatic nitrogens is 2. The molecule has 0 amide bonds. The summed E-state index contributed by atoms with van der Waals surface area (Å²) in [7, 11) is 6.12. The monoisotopic (exact) mass is 490 g/mol. The molecule has 0 aliphatic carbocycles. The molecule has 2 heterocycles. The topological polar surface area (TPSA) is 57.5 Å². The van der Waals surface area contributed by atoms with Crippen molar-refractivity contribution in [1.29, 1.82) is 0 Å². The van der Waals surface area contributed by atoms with Crippen LogP contribution in [0.1, 0.15) is 36.9 Å². The van der Waals surface area contributed by atoms with Crippen LogP contribution >= 0.6 is 35.3 Å². The van der Waals surface area contributed by atoms with E-state index in [2.05, 4.69) is 71.6 Å². The fourth-order valence-corrected chi connectivity index (χ4v) is 3.42. The lowest BCUT2D eigenvalue weighted by molar-refractivity contribution is 0.298. The lowest BCUT2D eigenvalue weighted by Gasteiger charge is -2.24. The number of guanidine groups is 1. The van der Waals surface area contributed by atoms with Crippen LogP contribution in [0.3, 0.4) is 0 Å². The molecule has 6 nitrogen and oxygen atoms in total. The molecule has 2 N–H and O–H groups in total. The summed E-state index contributed by atoms with van der Waals surface area (Å²) < 4.78 is 1.84. The molecule has 2 aromatic rings. The Bertz CT molecular complexity index is 652. The van der Waals surface area contributed by atoms with Gasteiger partial charge in [0.2, 0.25) is 0 Å². The Kier molecular flexibility index (Phi) is 10.2. The van der Waals surface area contributed by atoms with Crippen LogP contribution in [-0.4, -0.2) is 54.4 Å². The largest absolute Gasteiger partial charge is 0.357 e. The number of nitrogens with one attached hydrogen (secondary N) is 2. The van der Waals surface area contributed by atoms with E-state index in [1.54, 1.807) is 11.3 Å². The molecule has 0 saturated carbocycles. The highest BCUT2D eigenvalue weighted by Gasteiger charge is 2.16. The average molecular weight is 490 g/mol. The second kappa shape index (κ2) is 11.6. The molecule has 0 bridgehead atoms. The molecular formula is C18H31IN6S. The van der Waals surface area contributed by atoms with Crippen LogP contribution < -0.4 is 10.6 Å². The van der Waals surface area contributed by atoms with Crippen LogP contribution in [0.5, 0.6) is 0 Å². The Morgan fingerprint density at radius 3 is 2.65 bits per heavy atom. The van der Waals surface area contributed by atoms with E-state index in [1.807, 2.05) is 17.9 Å². The zero-order chi connectivity index (χ0) is 18.2. The number of hydrogen-bond acceptors (Lipinski definition) is 4. The Balaban J connectivity index is 0.00000338. The number of aryl methyl sites for hydroxylation is 1. The normalized spacial score (nSPS) is 14.0. The third-order valence-electron chi connectivity index (χ3n) is 4.18. The summed E-state index contributed by atoms with van der Waals surface area (Å²) in [5, 5.41) is 15.4. The maximum absolute atomic E-state index is 4.76. The number of halogens is 1. The summed E-state index contributed by atoms with van der Waals surface area (Å²) in [6, 6.07) is 2.42. The van der Waals surface area contributed by atoms with E-state index in [-0.39, 0.29) is 30.0 Å². The lowest BCUT2D eigenvalue weighted by Crippen LogP contribution is -2.42. The lowest BCUT2D eigenvalue weighted by atomic mass is 10.1. The van der Waals surface area contributed by atoms with E-state index in [9.17, 15) is 0 Å². The van der Waals surface area contributed by atoms with Crippen molar-refractivity contribution in [2.24, 2.45) is 12.0 Å². The quantitative estimate of drug-likeness (QED) is 0.339.